The van der Waals surface area contributed by atoms with E-state index in [1.165, 1.54) is 4.88 Å². The Balaban J connectivity index is 1.97. The number of anilines is 1. The summed E-state index contributed by atoms with van der Waals surface area (Å²) in [6.45, 7) is 0.872. The van der Waals surface area contributed by atoms with Crippen molar-refractivity contribution in [3.63, 3.8) is 0 Å². The SMILES string of the molecule is Cn1nccc1NCc1cccs1. The maximum Gasteiger partial charge on any atom is 0.124 e. The summed E-state index contributed by atoms with van der Waals surface area (Å²) in [6.07, 6.45) is 1.79. The van der Waals surface area contributed by atoms with Crippen LogP contribution in [0.2, 0.25) is 0 Å². The van der Waals surface area contributed by atoms with Gasteiger partial charge >= 0.3 is 0 Å². The molecule has 0 atom stereocenters. The van der Waals surface area contributed by atoms with Crippen molar-refractivity contribution in [2.24, 2.45) is 7.05 Å². The van der Waals surface area contributed by atoms with E-state index in [4.69, 9.17) is 0 Å². The summed E-state index contributed by atoms with van der Waals surface area (Å²) in [7, 11) is 1.93. The fourth-order valence-corrected chi connectivity index (χ4v) is 1.78. The molecule has 0 fully saturated rings. The summed E-state index contributed by atoms with van der Waals surface area (Å²) in [6, 6.07) is 6.15. The lowest BCUT2D eigenvalue weighted by molar-refractivity contribution is 0.769. The van der Waals surface area contributed by atoms with Gasteiger partial charge in [0.2, 0.25) is 0 Å². The van der Waals surface area contributed by atoms with Gasteiger partial charge in [-0.25, -0.2) is 0 Å². The molecule has 0 radical (unpaired) electrons. The lowest BCUT2D eigenvalue weighted by atomic mass is 10.4. The third-order valence-corrected chi connectivity index (χ3v) is 2.72. The van der Waals surface area contributed by atoms with Crippen molar-refractivity contribution in [2.45, 2.75) is 6.54 Å². The van der Waals surface area contributed by atoms with Crippen molar-refractivity contribution in [3.8, 4) is 0 Å². The van der Waals surface area contributed by atoms with Gasteiger partial charge in [-0.2, -0.15) is 5.10 Å². The number of nitrogens with zero attached hydrogens (tertiary/aromatic N) is 2. The minimum atomic E-state index is 0.872. The van der Waals surface area contributed by atoms with Gasteiger partial charge < -0.3 is 5.32 Å². The van der Waals surface area contributed by atoms with Crippen LogP contribution in [0.1, 0.15) is 4.88 Å². The van der Waals surface area contributed by atoms with Crippen molar-refractivity contribution in [1.29, 1.82) is 0 Å². The van der Waals surface area contributed by atoms with Crippen LogP contribution >= 0.6 is 11.3 Å². The second kappa shape index (κ2) is 3.62. The summed E-state index contributed by atoms with van der Waals surface area (Å²) < 4.78 is 1.83. The van der Waals surface area contributed by atoms with Gasteiger partial charge in [-0.15, -0.1) is 11.3 Å². The zero-order valence-corrected chi connectivity index (χ0v) is 8.21. The quantitative estimate of drug-likeness (QED) is 0.809. The normalized spacial score (nSPS) is 10.2. The van der Waals surface area contributed by atoms with E-state index in [-0.39, 0.29) is 0 Å². The average molecular weight is 193 g/mol. The van der Waals surface area contributed by atoms with Gasteiger partial charge in [-0.3, -0.25) is 4.68 Å². The Bertz CT molecular complexity index is 364. The number of aryl methyl sites for hydroxylation is 1. The smallest absolute Gasteiger partial charge is 0.124 e. The summed E-state index contributed by atoms with van der Waals surface area (Å²) in [5.41, 5.74) is 0. The third kappa shape index (κ3) is 1.89. The third-order valence-electron chi connectivity index (χ3n) is 1.84. The molecule has 0 aliphatic heterocycles. The maximum absolute atomic E-state index is 4.07. The van der Waals surface area contributed by atoms with Crippen molar-refractivity contribution < 1.29 is 0 Å². The van der Waals surface area contributed by atoms with Crippen LogP contribution in [0.4, 0.5) is 5.82 Å². The highest BCUT2D eigenvalue weighted by atomic mass is 32.1. The second-order valence-corrected chi connectivity index (χ2v) is 3.81. The monoisotopic (exact) mass is 193 g/mol. The van der Waals surface area contributed by atoms with Crippen molar-refractivity contribution in [3.05, 3.63) is 34.7 Å². The van der Waals surface area contributed by atoms with E-state index in [2.05, 4.69) is 27.9 Å². The highest BCUT2D eigenvalue weighted by Crippen LogP contribution is 2.11. The minimum Gasteiger partial charge on any atom is -0.365 e. The molecule has 0 unspecified atom stereocenters. The van der Waals surface area contributed by atoms with Crippen molar-refractivity contribution in [2.75, 3.05) is 5.32 Å². The van der Waals surface area contributed by atoms with E-state index in [1.807, 2.05) is 17.8 Å². The summed E-state index contributed by atoms with van der Waals surface area (Å²) in [4.78, 5) is 1.33. The number of hydrogen-bond donors (Lipinski definition) is 1. The molecule has 2 aromatic rings. The first-order valence-electron chi connectivity index (χ1n) is 4.10. The number of rotatable bonds is 3. The van der Waals surface area contributed by atoms with Crippen LogP contribution in [0, 0.1) is 0 Å². The number of hydrogen-bond acceptors (Lipinski definition) is 3. The van der Waals surface area contributed by atoms with Gasteiger partial charge in [-0.1, -0.05) is 6.07 Å². The molecular weight excluding hydrogens is 182 g/mol. The molecule has 0 bridgehead atoms. The van der Waals surface area contributed by atoms with E-state index in [0.29, 0.717) is 0 Å². The fraction of sp³-hybridized carbons (Fsp3) is 0.222. The molecule has 0 aliphatic carbocycles. The van der Waals surface area contributed by atoms with Crippen molar-refractivity contribution in [1.82, 2.24) is 9.78 Å². The van der Waals surface area contributed by atoms with E-state index < -0.39 is 0 Å². The van der Waals surface area contributed by atoms with E-state index in [9.17, 15) is 0 Å². The molecule has 1 N–H and O–H groups in total. The molecule has 0 aromatic carbocycles. The molecule has 0 saturated heterocycles. The van der Waals surface area contributed by atoms with Gasteiger partial charge in [0, 0.05) is 18.0 Å². The van der Waals surface area contributed by atoms with E-state index in [1.54, 1.807) is 17.5 Å². The van der Waals surface area contributed by atoms with E-state index in [0.717, 1.165) is 12.4 Å². The van der Waals surface area contributed by atoms with E-state index >= 15 is 0 Å². The topological polar surface area (TPSA) is 29.9 Å². The molecule has 2 rings (SSSR count). The molecule has 2 aromatic heterocycles. The molecular formula is C9H11N3S. The molecule has 0 amide bonds. The first-order valence-corrected chi connectivity index (χ1v) is 4.98. The van der Waals surface area contributed by atoms with Crippen LogP contribution in [0.15, 0.2) is 29.8 Å². The molecule has 3 nitrogen and oxygen atoms in total. The Morgan fingerprint density at radius 3 is 3.08 bits per heavy atom. The molecule has 0 aliphatic rings. The van der Waals surface area contributed by atoms with Gasteiger partial charge in [0.25, 0.3) is 0 Å². The standard InChI is InChI=1S/C9H11N3S/c1-12-9(4-5-11-12)10-7-8-3-2-6-13-8/h2-6,10H,7H2,1H3. The van der Waals surface area contributed by atoms with Gasteiger partial charge in [-0.05, 0) is 11.4 Å². The van der Waals surface area contributed by atoms with Crippen LogP contribution in [0.3, 0.4) is 0 Å². The minimum absolute atomic E-state index is 0.872. The Morgan fingerprint density at radius 2 is 2.46 bits per heavy atom. The Kier molecular flexibility index (Phi) is 2.31. The molecule has 2 heterocycles. The summed E-state index contributed by atoms with van der Waals surface area (Å²) >= 11 is 1.76. The predicted octanol–water partition coefficient (Wildman–Crippen LogP) is 2.09. The van der Waals surface area contributed by atoms with Crippen LogP contribution in [0.5, 0.6) is 0 Å². The first kappa shape index (κ1) is 8.31. The molecule has 68 valence electrons. The zero-order chi connectivity index (χ0) is 9.10. The fourth-order valence-electron chi connectivity index (χ4n) is 1.14. The lowest BCUT2D eigenvalue weighted by Gasteiger charge is -2.03. The maximum atomic E-state index is 4.07. The van der Waals surface area contributed by atoms with Crippen LogP contribution in [-0.4, -0.2) is 9.78 Å². The van der Waals surface area contributed by atoms with Gasteiger partial charge in [0.05, 0.1) is 12.7 Å². The lowest BCUT2D eigenvalue weighted by Crippen LogP contribution is -2.03. The number of nitrogens with one attached hydrogen (secondary N) is 1. The summed E-state index contributed by atoms with van der Waals surface area (Å²) in [5.74, 6) is 1.05. The molecule has 4 heteroatoms. The van der Waals surface area contributed by atoms with Crippen LogP contribution < -0.4 is 5.32 Å². The highest BCUT2D eigenvalue weighted by Gasteiger charge is 1.97. The Morgan fingerprint density at radius 1 is 1.54 bits per heavy atom. The number of thiophene rings is 1. The first-order chi connectivity index (χ1) is 6.36. The predicted molar refractivity (Wildman–Crippen MR) is 54.9 cm³/mol. The Labute approximate surface area is 81.0 Å². The largest absolute Gasteiger partial charge is 0.365 e. The molecule has 0 saturated carbocycles. The second-order valence-electron chi connectivity index (χ2n) is 2.77. The van der Waals surface area contributed by atoms with Crippen molar-refractivity contribution >= 4 is 17.2 Å². The molecule has 13 heavy (non-hydrogen) atoms. The van der Waals surface area contributed by atoms with Crippen LogP contribution in [0.25, 0.3) is 0 Å². The summed E-state index contributed by atoms with van der Waals surface area (Å²) in [5, 5.41) is 9.46. The average Bonchev–Trinajstić information content (AvgIpc) is 2.72. The number of aromatic nitrogens is 2. The van der Waals surface area contributed by atoms with Gasteiger partial charge in [0.15, 0.2) is 0 Å². The van der Waals surface area contributed by atoms with Crippen LogP contribution in [-0.2, 0) is 13.6 Å². The van der Waals surface area contributed by atoms with Gasteiger partial charge in [0.1, 0.15) is 5.82 Å². The zero-order valence-electron chi connectivity index (χ0n) is 7.40. The highest BCUT2D eigenvalue weighted by molar-refractivity contribution is 7.09. The Hall–Kier alpha value is -1.29. The molecule has 0 spiro atoms.